The molecule has 3 heterocycles. The molecule has 1 atom stereocenters. The molecule has 4 rings (SSSR count). The van der Waals surface area contributed by atoms with E-state index in [2.05, 4.69) is 15.3 Å². The summed E-state index contributed by atoms with van der Waals surface area (Å²) in [6, 6.07) is 16.4. The number of anilines is 1. The first-order valence-electron chi connectivity index (χ1n) is 7.66. The van der Waals surface area contributed by atoms with Crippen molar-refractivity contribution in [2.24, 2.45) is 0 Å². The van der Waals surface area contributed by atoms with Crippen LogP contribution < -0.4 is 10.3 Å². The third kappa shape index (κ3) is 2.56. The molecule has 4 aromatic rings. The summed E-state index contributed by atoms with van der Waals surface area (Å²) in [4.78, 5) is 7.52. The van der Waals surface area contributed by atoms with Crippen LogP contribution in [0.1, 0.15) is 17.4 Å². The lowest BCUT2D eigenvalue weighted by Crippen LogP contribution is -2.18. The van der Waals surface area contributed by atoms with Crippen molar-refractivity contribution in [3.05, 3.63) is 84.6 Å². The summed E-state index contributed by atoms with van der Waals surface area (Å²) >= 11 is 0. The van der Waals surface area contributed by atoms with Crippen molar-refractivity contribution in [2.75, 3.05) is 5.32 Å². The number of H-pyrrole nitrogens is 1. The third-order valence-corrected chi connectivity index (χ3v) is 3.93. The number of nitrogens with one attached hydrogen (secondary N) is 2. The zero-order valence-corrected chi connectivity index (χ0v) is 12.8. The number of aromatic hydroxyl groups is 1. The highest BCUT2D eigenvalue weighted by molar-refractivity contribution is 5.85. The van der Waals surface area contributed by atoms with E-state index in [4.69, 9.17) is 4.42 Å². The lowest BCUT2D eigenvalue weighted by molar-refractivity contribution is -0.361. The van der Waals surface area contributed by atoms with Crippen LogP contribution in [0.3, 0.4) is 0 Å². The number of fused-ring (bicyclic) bond motifs is 1. The molecule has 1 aromatic carbocycles. The molecule has 5 heteroatoms. The summed E-state index contributed by atoms with van der Waals surface area (Å²) < 4.78 is 5.62. The molecule has 118 valence electrons. The first-order valence-corrected chi connectivity index (χ1v) is 7.66. The first-order chi connectivity index (χ1) is 11.8. The summed E-state index contributed by atoms with van der Waals surface area (Å²) in [5.41, 5.74) is 1.55. The number of furan rings is 1. The van der Waals surface area contributed by atoms with Crippen LogP contribution in [0.2, 0.25) is 0 Å². The van der Waals surface area contributed by atoms with E-state index in [1.54, 1.807) is 18.5 Å². The molecule has 0 aliphatic carbocycles. The van der Waals surface area contributed by atoms with Crippen molar-refractivity contribution in [1.29, 1.82) is 0 Å². The summed E-state index contributed by atoms with van der Waals surface area (Å²) in [6.07, 6.45) is 5.20. The molecule has 3 N–H and O–H groups in total. The lowest BCUT2D eigenvalue weighted by atomic mass is 9.98. The van der Waals surface area contributed by atoms with Gasteiger partial charge in [-0.05, 0) is 36.4 Å². The quantitative estimate of drug-likeness (QED) is 0.603. The third-order valence-electron chi connectivity index (χ3n) is 3.93. The van der Waals surface area contributed by atoms with Crippen LogP contribution in [0.4, 0.5) is 5.82 Å². The molecule has 0 saturated heterocycles. The summed E-state index contributed by atoms with van der Waals surface area (Å²) in [7, 11) is 0. The molecule has 0 saturated carbocycles. The molecule has 0 aliphatic rings. The van der Waals surface area contributed by atoms with Crippen LogP contribution in [0.5, 0.6) is 5.75 Å². The fourth-order valence-corrected chi connectivity index (χ4v) is 2.85. The van der Waals surface area contributed by atoms with E-state index in [9.17, 15) is 5.11 Å². The van der Waals surface area contributed by atoms with Crippen LogP contribution in [0.15, 0.2) is 77.7 Å². The number of aromatic nitrogens is 2. The zero-order chi connectivity index (χ0) is 16.4. The maximum Gasteiger partial charge on any atom is 0.273 e. The first kappa shape index (κ1) is 14.3. The van der Waals surface area contributed by atoms with E-state index in [0.717, 1.165) is 22.3 Å². The van der Waals surface area contributed by atoms with Crippen LogP contribution >= 0.6 is 0 Å². The minimum atomic E-state index is -0.355. The van der Waals surface area contributed by atoms with E-state index in [1.807, 2.05) is 54.7 Å². The Morgan fingerprint density at radius 1 is 1.04 bits per heavy atom. The van der Waals surface area contributed by atoms with Crippen LogP contribution in [-0.4, -0.2) is 10.1 Å². The van der Waals surface area contributed by atoms with Crippen LogP contribution in [-0.2, 0) is 0 Å². The second kappa shape index (κ2) is 6.04. The average molecular weight is 318 g/mol. The molecular formula is C19H16N3O2+. The van der Waals surface area contributed by atoms with Gasteiger partial charge in [-0.25, -0.2) is 4.98 Å². The average Bonchev–Trinajstić information content (AvgIpc) is 3.15. The van der Waals surface area contributed by atoms with Gasteiger partial charge in [-0.15, -0.1) is 0 Å². The van der Waals surface area contributed by atoms with E-state index in [-0.39, 0.29) is 11.8 Å². The second-order valence-electron chi connectivity index (χ2n) is 5.44. The number of rotatable bonds is 4. The van der Waals surface area contributed by atoms with Crippen molar-refractivity contribution in [3.8, 4) is 5.75 Å². The van der Waals surface area contributed by atoms with Gasteiger partial charge in [-0.3, -0.25) is 10.3 Å². The summed E-state index contributed by atoms with van der Waals surface area (Å²) in [6.45, 7) is 0. The van der Waals surface area contributed by atoms with E-state index >= 15 is 0 Å². The van der Waals surface area contributed by atoms with Gasteiger partial charge in [-0.1, -0.05) is 12.1 Å². The highest BCUT2D eigenvalue weighted by Crippen LogP contribution is 2.36. The molecule has 0 unspecified atom stereocenters. The molecule has 0 bridgehead atoms. The second-order valence-corrected chi connectivity index (χ2v) is 5.44. The maximum absolute atomic E-state index is 10.5. The standard InChI is InChI=1S/C19H15N3O2/c23-15-9-8-14-13(5-3-11-20-14)18(15)19(16-6-4-12-24-16)22-17-7-1-2-10-21-17/h1-12,19,23H,(H,21,22)/p+1/t19-/m1/s1. The molecule has 0 aliphatic heterocycles. The minimum absolute atomic E-state index is 0.195. The van der Waals surface area contributed by atoms with Crippen molar-refractivity contribution in [2.45, 2.75) is 6.04 Å². The van der Waals surface area contributed by atoms with Gasteiger partial charge in [0.25, 0.3) is 5.82 Å². The van der Waals surface area contributed by atoms with Crippen molar-refractivity contribution in [3.63, 3.8) is 0 Å². The summed E-state index contributed by atoms with van der Waals surface area (Å²) in [5.74, 6) is 1.72. The van der Waals surface area contributed by atoms with Gasteiger partial charge in [0.1, 0.15) is 5.75 Å². The normalized spacial score (nSPS) is 12.2. The number of hydrogen-bond donors (Lipinski definition) is 2. The summed E-state index contributed by atoms with van der Waals surface area (Å²) in [5, 5.41) is 14.8. The van der Waals surface area contributed by atoms with E-state index in [1.165, 1.54) is 0 Å². The molecule has 0 amide bonds. The van der Waals surface area contributed by atoms with Crippen LogP contribution in [0.25, 0.3) is 10.9 Å². The molecular weight excluding hydrogens is 302 g/mol. The Kier molecular flexibility index (Phi) is 3.59. The maximum atomic E-state index is 10.5. The molecule has 0 spiro atoms. The highest BCUT2D eigenvalue weighted by atomic mass is 16.3. The predicted molar refractivity (Wildman–Crippen MR) is 90.6 cm³/mol. The Bertz CT molecular complexity index is 953. The zero-order valence-electron chi connectivity index (χ0n) is 12.8. The van der Waals surface area contributed by atoms with Gasteiger partial charge in [-0.2, -0.15) is 0 Å². The van der Waals surface area contributed by atoms with Gasteiger partial charge in [0.2, 0.25) is 0 Å². The molecule has 24 heavy (non-hydrogen) atoms. The smallest absolute Gasteiger partial charge is 0.273 e. The molecule has 0 fully saturated rings. The SMILES string of the molecule is Oc1ccc2ncccc2c1[C@H](Nc1cccc[nH+]1)c1ccco1. The highest BCUT2D eigenvalue weighted by Gasteiger charge is 2.27. The fraction of sp³-hybridized carbons (Fsp3) is 0.0526. The van der Waals surface area contributed by atoms with Gasteiger partial charge < -0.3 is 9.52 Å². The van der Waals surface area contributed by atoms with Crippen molar-refractivity contribution in [1.82, 2.24) is 4.98 Å². The Labute approximate surface area is 138 Å². The largest absolute Gasteiger partial charge is 0.507 e. The Hall–Kier alpha value is -3.34. The lowest BCUT2D eigenvalue weighted by Gasteiger charge is -2.16. The number of hydrogen-bond acceptors (Lipinski definition) is 4. The minimum Gasteiger partial charge on any atom is -0.507 e. The van der Waals surface area contributed by atoms with Crippen molar-refractivity contribution < 1.29 is 14.5 Å². The van der Waals surface area contributed by atoms with Gasteiger partial charge in [0, 0.05) is 17.6 Å². The number of aromatic amines is 1. The van der Waals surface area contributed by atoms with Crippen molar-refractivity contribution >= 4 is 16.7 Å². The topological polar surface area (TPSA) is 72.4 Å². The Morgan fingerprint density at radius 2 is 2.00 bits per heavy atom. The number of nitrogens with zero attached hydrogens (tertiary/aromatic N) is 1. The van der Waals surface area contributed by atoms with E-state index in [0.29, 0.717) is 5.76 Å². The fourth-order valence-electron chi connectivity index (χ4n) is 2.85. The van der Waals surface area contributed by atoms with E-state index < -0.39 is 0 Å². The number of benzene rings is 1. The van der Waals surface area contributed by atoms with Crippen LogP contribution in [0, 0.1) is 0 Å². The Balaban J connectivity index is 1.90. The Morgan fingerprint density at radius 3 is 2.79 bits per heavy atom. The molecule has 3 aromatic heterocycles. The molecule has 5 nitrogen and oxygen atoms in total. The van der Waals surface area contributed by atoms with Gasteiger partial charge >= 0.3 is 0 Å². The number of pyridine rings is 2. The van der Waals surface area contributed by atoms with Gasteiger partial charge in [0.15, 0.2) is 11.8 Å². The number of phenolic OH excluding ortho intramolecular Hbond substituents is 1. The van der Waals surface area contributed by atoms with Gasteiger partial charge in [0.05, 0.1) is 23.5 Å². The monoisotopic (exact) mass is 318 g/mol. The number of phenols is 1. The predicted octanol–water partition coefficient (Wildman–Crippen LogP) is 3.55. The molecule has 0 radical (unpaired) electrons.